The van der Waals surface area contributed by atoms with Gasteiger partial charge in [-0.25, -0.2) is 0 Å². The summed E-state index contributed by atoms with van der Waals surface area (Å²) < 4.78 is 0. The van der Waals surface area contributed by atoms with Crippen molar-refractivity contribution >= 4 is 29.1 Å². The topological polar surface area (TPSA) is 58.2 Å². The summed E-state index contributed by atoms with van der Waals surface area (Å²) in [4.78, 5) is 23.7. The molecule has 2 amide bonds. The highest BCUT2D eigenvalue weighted by Gasteiger charge is 2.10. The minimum atomic E-state index is -0.365. The molecule has 0 aliphatic carbocycles. The highest BCUT2D eigenvalue weighted by molar-refractivity contribution is 6.31. The number of anilines is 1. The van der Waals surface area contributed by atoms with Gasteiger partial charge in [0.05, 0.1) is 0 Å². The molecule has 2 N–H and O–H groups in total. The van der Waals surface area contributed by atoms with E-state index in [0.29, 0.717) is 17.3 Å². The van der Waals surface area contributed by atoms with Gasteiger partial charge in [0.15, 0.2) is 0 Å². The maximum Gasteiger partial charge on any atom is 0.233 e. The Hall–Kier alpha value is -2.33. The summed E-state index contributed by atoms with van der Waals surface area (Å²) in [6.07, 6.45) is -0.223. The number of amides is 2. The largest absolute Gasteiger partial charge is 0.352 e. The third-order valence-electron chi connectivity index (χ3n) is 3.13. The number of aryl methyl sites for hydroxylation is 1. The lowest BCUT2D eigenvalue weighted by Gasteiger charge is -2.09. The van der Waals surface area contributed by atoms with Crippen LogP contribution in [-0.4, -0.2) is 11.8 Å². The van der Waals surface area contributed by atoms with Gasteiger partial charge in [0.25, 0.3) is 0 Å². The van der Waals surface area contributed by atoms with Crippen molar-refractivity contribution in [1.82, 2.24) is 5.32 Å². The first kappa shape index (κ1) is 16.0. The van der Waals surface area contributed by atoms with Crippen molar-refractivity contribution in [1.29, 1.82) is 0 Å². The fraction of sp³-hybridized carbons (Fsp3) is 0.176. The maximum absolute atomic E-state index is 11.9. The van der Waals surface area contributed by atoms with E-state index in [4.69, 9.17) is 11.6 Å². The molecule has 0 aromatic heterocycles. The summed E-state index contributed by atoms with van der Waals surface area (Å²) in [6.45, 7) is 2.27. The summed E-state index contributed by atoms with van der Waals surface area (Å²) >= 11 is 5.89. The number of rotatable bonds is 5. The lowest BCUT2D eigenvalue weighted by molar-refractivity contribution is -0.126. The van der Waals surface area contributed by atoms with Crippen LogP contribution in [0.2, 0.25) is 5.02 Å². The van der Waals surface area contributed by atoms with Crippen LogP contribution in [0.5, 0.6) is 0 Å². The number of carbonyl (C=O) groups is 2. The molecule has 0 radical (unpaired) electrons. The van der Waals surface area contributed by atoms with E-state index in [1.165, 1.54) is 0 Å². The van der Waals surface area contributed by atoms with Gasteiger partial charge in [-0.05, 0) is 30.2 Å². The predicted octanol–water partition coefficient (Wildman–Crippen LogP) is 3.29. The number of hydrogen-bond acceptors (Lipinski definition) is 2. The Labute approximate surface area is 134 Å². The first-order valence-electron chi connectivity index (χ1n) is 6.91. The quantitative estimate of drug-likeness (QED) is 0.832. The molecule has 0 aliphatic rings. The SMILES string of the molecule is Cc1ccc(Cl)cc1NC(=O)CC(=O)NCc1ccccc1. The minimum Gasteiger partial charge on any atom is -0.352 e. The van der Waals surface area contributed by atoms with E-state index in [0.717, 1.165) is 11.1 Å². The summed E-state index contributed by atoms with van der Waals surface area (Å²) in [6, 6.07) is 14.8. The standard InChI is InChI=1S/C17H17ClN2O2/c1-12-7-8-14(18)9-15(12)20-17(22)10-16(21)19-11-13-5-3-2-4-6-13/h2-9H,10-11H2,1H3,(H,19,21)(H,20,22). The van der Waals surface area contributed by atoms with Crippen LogP contribution in [0.15, 0.2) is 48.5 Å². The molecule has 0 atom stereocenters. The Morgan fingerprint density at radius 3 is 2.50 bits per heavy atom. The van der Waals surface area contributed by atoms with Crippen molar-refractivity contribution in [3.63, 3.8) is 0 Å². The summed E-state index contributed by atoms with van der Waals surface area (Å²) in [5.74, 6) is -0.683. The zero-order valence-corrected chi connectivity index (χ0v) is 13.0. The van der Waals surface area contributed by atoms with Crippen molar-refractivity contribution in [2.45, 2.75) is 19.9 Å². The molecular weight excluding hydrogens is 300 g/mol. The monoisotopic (exact) mass is 316 g/mol. The molecule has 2 aromatic rings. The Morgan fingerprint density at radius 2 is 1.77 bits per heavy atom. The molecule has 0 heterocycles. The minimum absolute atomic E-state index is 0.223. The summed E-state index contributed by atoms with van der Waals surface area (Å²) in [5, 5.41) is 5.95. The number of benzene rings is 2. The molecule has 0 bridgehead atoms. The van der Waals surface area contributed by atoms with Gasteiger partial charge >= 0.3 is 0 Å². The molecule has 0 saturated carbocycles. The van der Waals surface area contributed by atoms with Crippen molar-refractivity contribution in [3.8, 4) is 0 Å². The average molecular weight is 317 g/mol. The Kier molecular flexibility index (Phi) is 5.55. The van der Waals surface area contributed by atoms with Crippen LogP contribution in [0.1, 0.15) is 17.5 Å². The second-order valence-electron chi connectivity index (χ2n) is 4.95. The van der Waals surface area contributed by atoms with Gasteiger partial charge in [0, 0.05) is 17.3 Å². The molecule has 22 heavy (non-hydrogen) atoms. The molecule has 114 valence electrons. The van der Waals surface area contributed by atoms with E-state index >= 15 is 0 Å². The maximum atomic E-state index is 11.9. The van der Waals surface area contributed by atoms with Crippen molar-refractivity contribution in [2.75, 3.05) is 5.32 Å². The molecule has 2 rings (SSSR count). The van der Waals surface area contributed by atoms with E-state index in [1.54, 1.807) is 12.1 Å². The normalized spacial score (nSPS) is 10.1. The van der Waals surface area contributed by atoms with Crippen LogP contribution in [0.4, 0.5) is 5.69 Å². The molecule has 0 spiro atoms. The van der Waals surface area contributed by atoms with E-state index in [-0.39, 0.29) is 18.2 Å². The van der Waals surface area contributed by atoms with Crippen molar-refractivity contribution in [2.24, 2.45) is 0 Å². The fourth-order valence-corrected chi connectivity index (χ4v) is 2.10. The first-order valence-corrected chi connectivity index (χ1v) is 7.29. The molecule has 4 nitrogen and oxygen atoms in total. The second kappa shape index (κ2) is 7.61. The molecule has 2 aromatic carbocycles. The average Bonchev–Trinajstić information content (AvgIpc) is 2.50. The van der Waals surface area contributed by atoms with Crippen LogP contribution in [-0.2, 0) is 16.1 Å². The summed E-state index contributed by atoms with van der Waals surface area (Å²) in [5.41, 5.74) is 2.50. The molecule has 5 heteroatoms. The number of halogens is 1. The Morgan fingerprint density at radius 1 is 1.05 bits per heavy atom. The van der Waals surface area contributed by atoms with Crippen molar-refractivity contribution < 1.29 is 9.59 Å². The van der Waals surface area contributed by atoms with Gasteiger partial charge in [-0.3, -0.25) is 9.59 Å². The lowest BCUT2D eigenvalue weighted by Crippen LogP contribution is -2.27. The molecular formula is C17H17ClN2O2. The molecule has 0 aliphatic heterocycles. The van der Waals surface area contributed by atoms with Gasteiger partial charge in [0.2, 0.25) is 11.8 Å². The number of carbonyl (C=O) groups excluding carboxylic acids is 2. The Bertz CT molecular complexity index is 672. The number of hydrogen-bond donors (Lipinski definition) is 2. The second-order valence-corrected chi connectivity index (χ2v) is 5.38. The van der Waals surface area contributed by atoms with E-state index in [9.17, 15) is 9.59 Å². The third kappa shape index (κ3) is 4.90. The molecule has 0 fully saturated rings. The molecule has 0 saturated heterocycles. The summed E-state index contributed by atoms with van der Waals surface area (Å²) in [7, 11) is 0. The van der Waals surface area contributed by atoms with Gasteiger partial charge < -0.3 is 10.6 Å². The zero-order chi connectivity index (χ0) is 15.9. The van der Waals surface area contributed by atoms with Gasteiger partial charge in [-0.2, -0.15) is 0 Å². The zero-order valence-electron chi connectivity index (χ0n) is 12.2. The van der Waals surface area contributed by atoms with Gasteiger partial charge in [0.1, 0.15) is 6.42 Å². The van der Waals surface area contributed by atoms with E-state index in [1.807, 2.05) is 43.3 Å². The number of nitrogens with one attached hydrogen (secondary N) is 2. The van der Waals surface area contributed by atoms with Gasteiger partial charge in [-0.1, -0.05) is 48.0 Å². The van der Waals surface area contributed by atoms with Crippen LogP contribution >= 0.6 is 11.6 Å². The smallest absolute Gasteiger partial charge is 0.233 e. The van der Waals surface area contributed by atoms with E-state index in [2.05, 4.69) is 10.6 Å². The van der Waals surface area contributed by atoms with E-state index < -0.39 is 0 Å². The van der Waals surface area contributed by atoms with Crippen molar-refractivity contribution in [3.05, 3.63) is 64.7 Å². The lowest BCUT2D eigenvalue weighted by atomic mass is 10.2. The molecule has 0 unspecified atom stereocenters. The van der Waals surface area contributed by atoms with Crippen LogP contribution in [0.3, 0.4) is 0 Å². The fourth-order valence-electron chi connectivity index (χ4n) is 1.93. The van der Waals surface area contributed by atoms with Crippen LogP contribution in [0.25, 0.3) is 0 Å². The highest BCUT2D eigenvalue weighted by Crippen LogP contribution is 2.20. The van der Waals surface area contributed by atoms with Crippen LogP contribution < -0.4 is 10.6 Å². The Balaban J connectivity index is 1.84. The predicted molar refractivity (Wildman–Crippen MR) is 87.7 cm³/mol. The third-order valence-corrected chi connectivity index (χ3v) is 3.36. The highest BCUT2D eigenvalue weighted by atomic mass is 35.5. The van der Waals surface area contributed by atoms with Crippen LogP contribution in [0, 0.1) is 6.92 Å². The van der Waals surface area contributed by atoms with Gasteiger partial charge in [-0.15, -0.1) is 0 Å². The first-order chi connectivity index (χ1) is 10.5.